The van der Waals surface area contributed by atoms with Crippen molar-refractivity contribution in [2.45, 2.75) is 47.0 Å². The highest BCUT2D eigenvalue weighted by Crippen LogP contribution is 2.48. The molecule has 65 heavy (non-hydrogen) atoms. The molecule has 9 heteroatoms. The maximum atomic E-state index is 15.1. The molecule has 0 spiro atoms. The molecule has 0 aliphatic heterocycles. The van der Waals surface area contributed by atoms with E-state index in [4.69, 9.17) is 6.57 Å². The third kappa shape index (κ3) is 6.75. The molecule has 320 valence electrons. The van der Waals surface area contributed by atoms with Crippen molar-refractivity contribution < 1.29 is 26.3 Å². The van der Waals surface area contributed by atoms with Crippen LogP contribution in [0.1, 0.15) is 38.9 Å². The van der Waals surface area contributed by atoms with Crippen molar-refractivity contribution in [1.29, 1.82) is 0 Å². The van der Waals surface area contributed by atoms with Gasteiger partial charge in [0.05, 0.1) is 51.1 Å². The number of hydrogen-bond acceptors (Lipinski definition) is 0. The summed E-state index contributed by atoms with van der Waals surface area (Å²) in [6, 6.07) is 43.3. The Morgan fingerprint density at radius 3 is 1.43 bits per heavy atom. The molecule has 8 aromatic carbocycles. The number of hydrogen-bond donors (Lipinski definition) is 0. The molecule has 3 nitrogen and oxygen atoms in total. The van der Waals surface area contributed by atoms with E-state index in [1.54, 1.807) is 12.1 Å². The maximum Gasteiger partial charge on any atom is 0.416 e. The summed E-state index contributed by atoms with van der Waals surface area (Å²) in [4.78, 5) is 3.83. The smallest absolute Gasteiger partial charge is 0.308 e. The van der Waals surface area contributed by atoms with Gasteiger partial charge in [-0.15, -0.1) is 0 Å². The van der Waals surface area contributed by atoms with Crippen LogP contribution in [0.3, 0.4) is 0 Å². The van der Waals surface area contributed by atoms with E-state index in [0.717, 1.165) is 99.7 Å². The summed E-state index contributed by atoms with van der Waals surface area (Å²) in [5.74, 6) is 0. The first kappa shape index (κ1) is 41.4. The van der Waals surface area contributed by atoms with Crippen molar-refractivity contribution in [3.8, 4) is 44.8 Å². The van der Waals surface area contributed by atoms with E-state index in [2.05, 4.69) is 78.7 Å². The van der Waals surface area contributed by atoms with Crippen molar-refractivity contribution in [1.82, 2.24) is 9.13 Å². The SMILES string of the molecule is [C-]#[N+]c1cc(-n2c3ccccc3c3ccc(-c4c(C)cc(C)cc4C)cc32)c(-n2c3ccccc3c3ccc(-c4c(C)cccc4C)cc32)cc1-c1ccc(C(F)(F)F)cc1C(F)(F)F. The predicted octanol–water partition coefficient (Wildman–Crippen LogP) is 17.0. The first-order valence-electron chi connectivity index (χ1n) is 21.1. The van der Waals surface area contributed by atoms with E-state index >= 15 is 13.2 Å². The Kier molecular flexibility index (Phi) is 9.58. The highest BCUT2D eigenvalue weighted by atomic mass is 19.4. The van der Waals surface area contributed by atoms with Gasteiger partial charge in [-0.25, -0.2) is 4.85 Å². The van der Waals surface area contributed by atoms with E-state index < -0.39 is 29.0 Å². The number of rotatable bonds is 5. The molecule has 0 aliphatic carbocycles. The van der Waals surface area contributed by atoms with Crippen molar-refractivity contribution in [2.75, 3.05) is 0 Å². The van der Waals surface area contributed by atoms with Crippen molar-refractivity contribution in [3.05, 3.63) is 196 Å². The largest absolute Gasteiger partial charge is 0.416 e. The first-order valence-corrected chi connectivity index (χ1v) is 21.1. The number of nitrogens with zero attached hydrogens (tertiary/aromatic N) is 3. The number of alkyl halides is 6. The molecule has 0 atom stereocenters. The van der Waals surface area contributed by atoms with E-state index in [-0.39, 0.29) is 17.3 Å². The van der Waals surface area contributed by atoms with Gasteiger partial charge in [0.2, 0.25) is 0 Å². The second-order valence-corrected chi connectivity index (χ2v) is 16.9. The Labute approximate surface area is 371 Å². The summed E-state index contributed by atoms with van der Waals surface area (Å²) in [6.07, 6.45) is -10.2. The lowest BCUT2D eigenvalue weighted by atomic mass is 9.93. The van der Waals surface area contributed by atoms with Crippen LogP contribution in [0, 0.1) is 41.2 Å². The zero-order valence-corrected chi connectivity index (χ0v) is 36.0. The van der Waals surface area contributed by atoms with Crippen LogP contribution < -0.4 is 0 Å². The molecule has 0 aliphatic rings. The maximum absolute atomic E-state index is 15.1. The second-order valence-electron chi connectivity index (χ2n) is 16.9. The van der Waals surface area contributed by atoms with Gasteiger partial charge >= 0.3 is 12.4 Å². The van der Waals surface area contributed by atoms with Gasteiger partial charge in [-0.05, 0) is 139 Å². The molecular weight excluding hydrogens is 829 g/mol. The summed E-state index contributed by atoms with van der Waals surface area (Å²) in [5, 5.41) is 3.62. The Morgan fingerprint density at radius 2 is 0.923 bits per heavy atom. The number of aromatic nitrogens is 2. The van der Waals surface area contributed by atoms with Gasteiger partial charge in [0.15, 0.2) is 5.69 Å². The van der Waals surface area contributed by atoms with E-state index in [0.29, 0.717) is 17.4 Å². The van der Waals surface area contributed by atoms with Gasteiger partial charge in [-0.3, -0.25) is 0 Å². The van der Waals surface area contributed by atoms with Crippen molar-refractivity contribution >= 4 is 49.3 Å². The topological polar surface area (TPSA) is 14.2 Å². The molecule has 0 N–H and O–H groups in total. The van der Waals surface area contributed by atoms with E-state index in [9.17, 15) is 13.2 Å². The van der Waals surface area contributed by atoms with Crippen LogP contribution in [0.4, 0.5) is 32.0 Å². The molecule has 0 unspecified atom stereocenters. The highest BCUT2D eigenvalue weighted by molar-refractivity contribution is 6.13. The minimum Gasteiger partial charge on any atom is -0.308 e. The van der Waals surface area contributed by atoms with Gasteiger partial charge in [-0.1, -0.05) is 103 Å². The number of para-hydroxylation sites is 2. The molecule has 2 aromatic heterocycles. The quantitative estimate of drug-likeness (QED) is 0.121. The number of aryl methyl sites for hydroxylation is 5. The fraction of sp³-hybridized carbons (Fsp3) is 0.125. The van der Waals surface area contributed by atoms with Crippen LogP contribution >= 0.6 is 0 Å². The summed E-state index contributed by atoms with van der Waals surface area (Å²) >= 11 is 0. The molecule has 0 fully saturated rings. The average molecular weight is 868 g/mol. The minimum absolute atomic E-state index is 0.136. The van der Waals surface area contributed by atoms with Gasteiger partial charge in [-0.2, -0.15) is 26.3 Å². The Hall–Kier alpha value is -7.57. The molecule has 2 heterocycles. The van der Waals surface area contributed by atoms with Gasteiger partial charge in [0, 0.05) is 21.5 Å². The lowest BCUT2D eigenvalue weighted by Crippen LogP contribution is -2.12. The lowest BCUT2D eigenvalue weighted by molar-refractivity contribution is -0.142. The highest BCUT2D eigenvalue weighted by Gasteiger charge is 2.39. The molecule has 10 aromatic rings. The molecule has 0 amide bonds. The van der Waals surface area contributed by atoms with E-state index in [1.165, 1.54) is 0 Å². The average Bonchev–Trinajstić information content (AvgIpc) is 3.77. The Morgan fingerprint density at radius 1 is 0.431 bits per heavy atom. The fourth-order valence-corrected chi connectivity index (χ4v) is 10.1. The second kappa shape index (κ2) is 15.0. The minimum atomic E-state index is -5.18. The van der Waals surface area contributed by atoms with Crippen LogP contribution in [0.15, 0.2) is 146 Å². The summed E-state index contributed by atoms with van der Waals surface area (Å²) < 4.78 is 91.3. The monoisotopic (exact) mass is 867 g/mol. The van der Waals surface area contributed by atoms with Gasteiger partial charge in [0.25, 0.3) is 0 Å². The fourth-order valence-electron chi connectivity index (χ4n) is 10.1. The molecular formula is C56H39F6N3. The third-order valence-electron chi connectivity index (χ3n) is 12.7. The molecule has 0 saturated heterocycles. The zero-order valence-electron chi connectivity index (χ0n) is 36.0. The number of halogens is 6. The van der Waals surface area contributed by atoms with E-state index in [1.807, 2.05) is 85.1 Å². The number of fused-ring (bicyclic) bond motifs is 6. The first-order chi connectivity index (χ1) is 31.0. The number of benzene rings is 8. The summed E-state index contributed by atoms with van der Waals surface area (Å²) in [7, 11) is 0. The van der Waals surface area contributed by atoms with Crippen LogP contribution in [0.2, 0.25) is 0 Å². The van der Waals surface area contributed by atoms with Crippen molar-refractivity contribution in [2.24, 2.45) is 0 Å². The lowest BCUT2D eigenvalue weighted by Gasteiger charge is -2.22. The molecule has 0 radical (unpaired) electrons. The third-order valence-corrected chi connectivity index (χ3v) is 12.7. The standard InChI is InChI=1S/C56H39F6N3/c1-31-24-34(4)54(35(5)25-31)37-19-22-43-41-15-8-10-17-48(41)65(50(43)27-37)52-30-46(63-6)44(39-23-20-38(55(57,58)59)28-45(39)56(60,61)62)29-51(52)64-47-16-9-7-14-40(47)42-21-18-36(26-49(42)64)53-32(2)12-11-13-33(53)3/h7-30H,1-5H3. The normalized spacial score (nSPS) is 12.2. The molecule has 0 bridgehead atoms. The van der Waals surface area contributed by atoms with Crippen LogP contribution in [0.25, 0.3) is 93.2 Å². The van der Waals surface area contributed by atoms with Gasteiger partial charge < -0.3 is 9.13 Å². The molecule has 0 saturated carbocycles. The Balaban J connectivity index is 1.38. The van der Waals surface area contributed by atoms with Crippen LogP contribution in [-0.2, 0) is 12.4 Å². The van der Waals surface area contributed by atoms with Crippen molar-refractivity contribution in [3.63, 3.8) is 0 Å². The van der Waals surface area contributed by atoms with Crippen LogP contribution in [0.5, 0.6) is 0 Å². The van der Waals surface area contributed by atoms with Crippen LogP contribution in [-0.4, -0.2) is 9.13 Å². The molecule has 10 rings (SSSR count). The predicted molar refractivity (Wildman–Crippen MR) is 251 cm³/mol. The summed E-state index contributed by atoms with van der Waals surface area (Å²) in [6.45, 7) is 18.8. The van der Waals surface area contributed by atoms with Gasteiger partial charge in [0.1, 0.15) is 0 Å². The summed E-state index contributed by atoms with van der Waals surface area (Å²) in [5.41, 5.74) is 9.79. The Bertz CT molecular complexity index is 3610. The zero-order chi connectivity index (χ0) is 45.7.